The summed E-state index contributed by atoms with van der Waals surface area (Å²) in [6.45, 7) is 1.77. The highest BCUT2D eigenvalue weighted by molar-refractivity contribution is 5.63. The van der Waals surface area contributed by atoms with E-state index in [9.17, 15) is 9.50 Å². The highest BCUT2D eigenvalue weighted by atomic mass is 19.1. The van der Waals surface area contributed by atoms with Crippen LogP contribution in [-0.2, 0) is 0 Å². The van der Waals surface area contributed by atoms with Gasteiger partial charge in [-0.2, -0.15) is 0 Å². The second-order valence-electron chi connectivity index (χ2n) is 5.18. The molecule has 1 unspecified atom stereocenters. The lowest BCUT2D eigenvalue weighted by Crippen LogP contribution is -1.97. The van der Waals surface area contributed by atoms with Gasteiger partial charge in [0.05, 0.1) is 6.10 Å². The van der Waals surface area contributed by atoms with Crippen molar-refractivity contribution in [1.82, 2.24) is 9.97 Å². The van der Waals surface area contributed by atoms with Gasteiger partial charge in [0, 0.05) is 29.6 Å². The second-order valence-corrected chi connectivity index (χ2v) is 5.18. The van der Waals surface area contributed by atoms with Gasteiger partial charge in [0.2, 0.25) is 0 Å². The van der Waals surface area contributed by atoms with Crippen molar-refractivity contribution in [3.05, 3.63) is 48.3 Å². The van der Waals surface area contributed by atoms with Gasteiger partial charge >= 0.3 is 0 Å². The Bertz CT molecular complexity index is 640. The number of rotatable bonds is 6. The number of unbranched alkanes of at least 4 members (excludes halogenated alkanes) is 1. The van der Waals surface area contributed by atoms with E-state index in [1.807, 2.05) is 6.08 Å². The monoisotopic (exact) mass is 302 g/mol. The Morgan fingerprint density at radius 2 is 2.00 bits per heavy atom. The lowest BCUT2D eigenvalue weighted by atomic mass is 10.1. The first-order valence-electron chi connectivity index (χ1n) is 7.22. The number of halogens is 1. The van der Waals surface area contributed by atoms with Crippen molar-refractivity contribution >= 4 is 6.08 Å². The molecule has 22 heavy (non-hydrogen) atoms. The molecule has 4 nitrogen and oxygen atoms in total. The molecule has 116 valence electrons. The van der Waals surface area contributed by atoms with E-state index in [1.165, 1.54) is 12.1 Å². The molecular formula is C17H19FN2O2. The topological polar surface area (TPSA) is 66.2 Å². The first-order valence-corrected chi connectivity index (χ1v) is 7.22. The van der Waals surface area contributed by atoms with Crippen molar-refractivity contribution in [2.24, 2.45) is 0 Å². The molecule has 1 aromatic carbocycles. The van der Waals surface area contributed by atoms with Gasteiger partial charge in [-0.15, -0.1) is 0 Å². The van der Waals surface area contributed by atoms with E-state index >= 15 is 0 Å². The molecule has 0 fully saturated rings. The Labute approximate surface area is 129 Å². The van der Waals surface area contributed by atoms with Crippen LogP contribution in [-0.4, -0.2) is 26.3 Å². The van der Waals surface area contributed by atoms with Gasteiger partial charge in [0.1, 0.15) is 11.6 Å². The zero-order valence-electron chi connectivity index (χ0n) is 12.4. The first-order chi connectivity index (χ1) is 10.6. The highest BCUT2D eigenvalue weighted by Crippen LogP contribution is 2.24. The number of nitrogens with zero attached hydrogens (tertiary/aromatic N) is 2. The lowest BCUT2D eigenvalue weighted by Gasteiger charge is -2.03. The molecule has 0 saturated heterocycles. The van der Waals surface area contributed by atoms with Gasteiger partial charge in [-0.05, 0) is 44.4 Å². The summed E-state index contributed by atoms with van der Waals surface area (Å²) in [6.07, 6.45) is 9.12. The fourth-order valence-electron chi connectivity index (χ4n) is 2.02. The van der Waals surface area contributed by atoms with Gasteiger partial charge in [-0.3, -0.25) is 0 Å². The molecule has 0 aliphatic rings. The molecule has 1 atom stereocenters. The summed E-state index contributed by atoms with van der Waals surface area (Å²) in [5.41, 5.74) is 0.911. The molecule has 0 spiro atoms. The maximum Gasteiger partial charge on any atom is 0.151 e. The van der Waals surface area contributed by atoms with E-state index in [-0.39, 0.29) is 11.9 Å². The molecule has 1 heterocycles. The highest BCUT2D eigenvalue weighted by Gasteiger charge is 2.06. The Morgan fingerprint density at radius 3 is 2.64 bits per heavy atom. The predicted molar refractivity (Wildman–Crippen MR) is 83.7 cm³/mol. The number of hydrogen-bond acceptors (Lipinski definition) is 4. The molecule has 0 aliphatic heterocycles. The van der Waals surface area contributed by atoms with E-state index in [1.54, 1.807) is 25.4 Å². The van der Waals surface area contributed by atoms with Crippen molar-refractivity contribution in [1.29, 1.82) is 0 Å². The van der Waals surface area contributed by atoms with Crippen molar-refractivity contribution < 1.29 is 14.6 Å². The molecule has 0 amide bonds. The number of aromatic nitrogens is 2. The van der Waals surface area contributed by atoms with Gasteiger partial charge in [-0.25, -0.2) is 14.4 Å². The van der Waals surface area contributed by atoms with Gasteiger partial charge in [0.25, 0.3) is 0 Å². The number of aliphatic hydroxyl groups is 1. The third-order valence-electron chi connectivity index (χ3n) is 3.20. The zero-order chi connectivity index (χ0) is 15.9. The molecule has 0 bridgehead atoms. The Morgan fingerprint density at radius 1 is 1.27 bits per heavy atom. The molecule has 2 aromatic rings. The van der Waals surface area contributed by atoms with E-state index in [2.05, 4.69) is 9.97 Å². The molecule has 0 radical (unpaired) electrons. The lowest BCUT2D eigenvalue weighted by molar-refractivity contribution is 0.182. The van der Waals surface area contributed by atoms with Crippen LogP contribution in [0.2, 0.25) is 0 Å². The molecule has 2 N–H and O–H groups in total. The third-order valence-corrected chi connectivity index (χ3v) is 3.20. The van der Waals surface area contributed by atoms with Crippen molar-refractivity contribution in [2.75, 3.05) is 0 Å². The number of hydrogen-bond donors (Lipinski definition) is 2. The average Bonchev–Trinajstić information content (AvgIpc) is 2.47. The third kappa shape index (κ3) is 4.63. The Hall–Kier alpha value is -2.27. The summed E-state index contributed by atoms with van der Waals surface area (Å²) in [7, 11) is 0. The zero-order valence-corrected chi connectivity index (χ0v) is 12.4. The van der Waals surface area contributed by atoms with Crippen LogP contribution in [0.4, 0.5) is 4.39 Å². The SMILES string of the molecule is CC(O)CCC/C=C/c1ncc(-c2ccc(O)cc2F)cn1. The van der Waals surface area contributed by atoms with Crippen LogP contribution < -0.4 is 0 Å². The summed E-state index contributed by atoms with van der Waals surface area (Å²) in [4.78, 5) is 8.35. The second kappa shape index (κ2) is 7.66. The van der Waals surface area contributed by atoms with Crippen LogP contribution in [0.15, 0.2) is 36.7 Å². The quantitative estimate of drug-likeness (QED) is 0.801. The van der Waals surface area contributed by atoms with Crippen LogP contribution in [0.5, 0.6) is 5.75 Å². The van der Waals surface area contributed by atoms with E-state index < -0.39 is 5.82 Å². The summed E-state index contributed by atoms with van der Waals surface area (Å²) in [5.74, 6) is -0.0658. The smallest absolute Gasteiger partial charge is 0.151 e. The summed E-state index contributed by atoms with van der Waals surface area (Å²) in [6, 6.07) is 3.98. The fraction of sp³-hybridized carbons (Fsp3) is 0.294. The van der Waals surface area contributed by atoms with Gasteiger partial charge in [0.15, 0.2) is 5.82 Å². The average molecular weight is 302 g/mol. The summed E-state index contributed by atoms with van der Waals surface area (Å²) in [5, 5.41) is 18.4. The number of aliphatic hydroxyl groups excluding tert-OH is 1. The van der Waals surface area contributed by atoms with Crippen LogP contribution in [0.3, 0.4) is 0 Å². The minimum atomic E-state index is -0.509. The molecule has 0 saturated carbocycles. The summed E-state index contributed by atoms with van der Waals surface area (Å²) < 4.78 is 13.7. The van der Waals surface area contributed by atoms with E-state index in [0.29, 0.717) is 17.0 Å². The largest absolute Gasteiger partial charge is 0.508 e. The molecule has 5 heteroatoms. The first kappa shape index (κ1) is 16.1. The number of phenolic OH excluding ortho intramolecular Hbond substituents is 1. The van der Waals surface area contributed by atoms with Gasteiger partial charge in [-0.1, -0.05) is 6.08 Å². The number of allylic oxidation sites excluding steroid dienone is 1. The maximum atomic E-state index is 13.7. The van der Waals surface area contributed by atoms with Crippen LogP contribution >= 0.6 is 0 Å². The van der Waals surface area contributed by atoms with Crippen molar-refractivity contribution in [2.45, 2.75) is 32.3 Å². The van der Waals surface area contributed by atoms with E-state index in [4.69, 9.17) is 5.11 Å². The van der Waals surface area contributed by atoms with E-state index in [0.717, 1.165) is 25.3 Å². The maximum absolute atomic E-state index is 13.7. The number of aromatic hydroxyl groups is 1. The summed E-state index contributed by atoms with van der Waals surface area (Å²) >= 11 is 0. The standard InChI is InChI=1S/C17H19FN2O2/c1-12(21)5-3-2-4-6-17-19-10-13(11-20-17)15-8-7-14(22)9-16(15)18/h4,6-12,21-22H,2-3,5H2,1H3/b6-4+. The predicted octanol–water partition coefficient (Wildman–Crippen LogP) is 3.55. The van der Waals surface area contributed by atoms with Crippen LogP contribution in [0.25, 0.3) is 17.2 Å². The molecule has 2 rings (SSSR count). The Kier molecular flexibility index (Phi) is 5.61. The van der Waals surface area contributed by atoms with Crippen molar-refractivity contribution in [3.8, 4) is 16.9 Å². The van der Waals surface area contributed by atoms with Crippen molar-refractivity contribution in [3.63, 3.8) is 0 Å². The minimum absolute atomic E-state index is 0.112. The van der Waals surface area contributed by atoms with Crippen LogP contribution in [0, 0.1) is 5.82 Å². The normalized spacial score (nSPS) is 12.7. The molecule has 1 aromatic heterocycles. The molecular weight excluding hydrogens is 283 g/mol. The number of phenols is 1. The fourth-order valence-corrected chi connectivity index (χ4v) is 2.02. The minimum Gasteiger partial charge on any atom is -0.508 e. The number of benzene rings is 1. The molecule has 0 aliphatic carbocycles. The van der Waals surface area contributed by atoms with Crippen LogP contribution in [0.1, 0.15) is 32.0 Å². The van der Waals surface area contributed by atoms with Gasteiger partial charge < -0.3 is 10.2 Å². The Balaban J connectivity index is 1.99.